The van der Waals surface area contributed by atoms with Gasteiger partial charge in [0.15, 0.2) is 0 Å². The summed E-state index contributed by atoms with van der Waals surface area (Å²) in [7, 11) is 0. The van der Waals surface area contributed by atoms with Crippen LogP contribution in [0.15, 0.2) is 24.3 Å². The second-order valence-electron chi connectivity index (χ2n) is 4.44. The number of likely N-dealkylation sites (N-methyl/N-ethyl adjacent to an activating group) is 2. The molecule has 1 atom stereocenters. The SMILES string of the molecule is CCNC(C)(C#N)CN(CC)c1ccccc1F. The number of para-hydroxylation sites is 1. The van der Waals surface area contributed by atoms with Crippen LogP contribution in [0.3, 0.4) is 0 Å². The second-order valence-corrected chi connectivity index (χ2v) is 4.44. The van der Waals surface area contributed by atoms with Crippen LogP contribution in [0.2, 0.25) is 0 Å². The first-order valence-electron chi connectivity index (χ1n) is 6.22. The summed E-state index contributed by atoms with van der Waals surface area (Å²) in [4.78, 5) is 1.88. The van der Waals surface area contributed by atoms with E-state index in [1.54, 1.807) is 18.2 Å². The fourth-order valence-corrected chi connectivity index (χ4v) is 1.98. The molecule has 1 rings (SSSR count). The van der Waals surface area contributed by atoms with E-state index in [4.69, 9.17) is 0 Å². The van der Waals surface area contributed by atoms with Gasteiger partial charge in [-0.25, -0.2) is 4.39 Å². The Labute approximate surface area is 108 Å². The number of nitriles is 1. The van der Waals surface area contributed by atoms with Crippen molar-refractivity contribution in [2.45, 2.75) is 26.3 Å². The molecule has 0 fully saturated rings. The molecule has 0 aliphatic heterocycles. The number of hydrogen-bond acceptors (Lipinski definition) is 3. The number of nitrogens with zero attached hydrogens (tertiary/aromatic N) is 2. The summed E-state index contributed by atoms with van der Waals surface area (Å²) in [6.45, 7) is 7.56. The minimum absolute atomic E-state index is 0.254. The van der Waals surface area contributed by atoms with Crippen molar-refractivity contribution < 1.29 is 4.39 Å². The fourth-order valence-electron chi connectivity index (χ4n) is 1.98. The average Bonchev–Trinajstić information content (AvgIpc) is 2.37. The van der Waals surface area contributed by atoms with Crippen LogP contribution in [0, 0.1) is 17.1 Å². The zero-order chi connectivity index (χ0) is 13.6. The molecule has 98 valence electrons. The van der Waals surface area contributed by atoms with E-state index in [0.29, 0.717) is 25.3 Å². The number of rotatable bonds is 6. The highest BCUT2D eigenvalue weighted by molar-refractivity contribution is 5.48. The topological polar surface area (TPSA) is 39.1 Å². The third kappa shape index (κ3) is 3.44. The van der Waals surface area contributed by atoms with E-state index < -0.39 is 5.54 Å². The molecule has 1 aromatic carbocycles. The zero-order valence-electron chi connectivity index (χ0n) is 11.2. The van der Waals surface area contributed by atoms with Gasteiger partial charge in [0.05, 0.1) is 11.8 Å². The van der Waals surface area contributed by atoms with E-state index >= 15 is 0 Å². The lowest BCUT2D eigenvalue weighted by atomic mass is 10.0. The summed E-state index contributed by atoms with van der Waals surface area (Å²) in [5.41, 5.74) is -0.132. The van der Waals surface area contributed by atoms with E-state index in [2.05, 4.69) is 11.4 Å². The molecule has 18 heavy (non-hydrogen) atoms. The predicted octanol–water partition coefficient (Wildman–Crippen LogP) is 2.54. The summed E-state index contributed by atoms with van der Waals surface area (Å²) in [5.74, 6) is -0.254. The van der Waals surface area contributed by atoms with E-state index in [-0.39, 0.29) is 5.82 Å². The van der Waals surface area contributed by atoms with Gasteiger partial charge in [0, 0.05) is 13.1 Å². The molecule has 0 heterocycles. The molecular formula is C14H20FN3. The third-order valence-corrected chi connectivity index (χ3v) is 2.90. The van der Waals surface area contributed by atoms with Gasteiger partial charge in [-0.1, -0.05) is 19.1 Å². The maximum Gasteiger partial charge on any atom is 0.146 e. The van der Waals surface area contributed by atoms with Gasteiger partial charge < -0.3 is 4.90 Å². The van der Waals surface area contributed by atoms with Crippen LogP contribution >= 0.6 is 0 Å². The summed E-state index contributed by atoms with van der Waals surface area (Å²) in [5, 5.41) is 12.4. The first kappa shape index (κ1) is 14.5. The van der Waals surface area contributed by atoms with Crippen LogP contribution in [0.4, 0.5) is 10.1 Å². The monoisotopic (exact) mass is 249 g/mol. The molecule has 0 bridgehead atoms. The molecule has 0 aromatic heterocycles. The molecule has 3 nitrogen and oxygen atoms in total. The van der Waals surface area contributed by atoms with Crippen LogP contribution < -0.4 is 10.2 Å². The molecule has 1 aromatic rings. The Hall–Kier alpha value is -1.60. The summed E-state index contributed by atoms with van der Waals surface area (Å²) < 4.78 is 13.7. The smallest absolute Gasteiger partial charge is 0.146 e. The van der Waals surface area contributed by atoms with Crippen molar-refractivity contribution in [3.63, 3.8) is 0 Å². The van der Waals surface area contributed by atoms with Crippen molar-refractivity contribution >= 4 is 5.69 Å². The standard InChI is InChI=1S/C14H20FN3/c1-4-17-14(3,10-16)11-18(5-2)13-9-7-6-8-12(13)15/h6-9,17H,4-5,11H2,1-3H3. The van der Waals surface area contributed by atoms with Crippen LogP contribution in [0.5, 0.6) is 0 Å². The Kier molecular flexibility index (Phi) is 5.11. The molecule has 1 N–H and O–H groups in total. The highest BCUT2D eigenvalue weighted by Crippen LogP contribution is 2.20. The van der Waals surface area contributed by atoms with E-state index in [1.165, 1.54) is 6.07 Å². The van der Waals surface area contributed by atoms with Crippen LogP contribution in [-0.4, -0.2) is 25.2 Å². The van der Waals surface area contributed by atoms with Gasteiger partial charge in [0.2, 0.25) is 0 Å². The largest absolute Gasteiger partial charge is 0.367 e. The van der Waals surface area contributed by atoms with Crippen molar-refractivity contribution in [2.24, 2.45) is 0 Å². The number of hydrogen-bond donors (Lipinski definition) is 1. The van der Waals surface area contributed by atoms with Gasteiger partial charge in [-0.15, -0.1) is 0 Å². The van der Waals surface area contributed by atoms with Crippen molar-refractivity contribution in [3.8, 4) is 6.07 Å². The average molecular weight is 249 g/mol. The van der Waals surface area contributed by atoms with Crippen molar-refractivity contribution in [3.05, 3.63) is 30.1 Å². The summed E-state index contributed by atoms with van der Waals surface area (Å²) in [6, 6.07) is 8.91. The zero-order valence-corrected chi connectivity index (χ0v) is 11.2. The van der Waals surface area contributed by atoms with E-state index in [1.807, 2.05) is 25.7 Å². The fraction of sp³-hybridized carbons (Fsp3) is 0.500. The van der Waals surface area contributed by atoms with E-state index in [9.17, 15) is 9.65 Å². The molecule has 0 saturated heterocycles. The van der Waals surface area contributed by atoms with Gasteiger partial charge in [0.25, 0.3) is 0 Å². The molecule has 0 saturated carbocycles. The Bertz CT molecular complexity index is 427. The number of benzene rings is 1. The Balaban J connectivity index is 2.92. The molecule has 1 unspecified atom stereocenters. The van der Waals surface area contributed by atoms with Crippen molar-refractivity contribution in [1.82, 2.24) is 5.32 Å². The molecule has 4 heteroatoms. The first-order chi connectivity index (χ1) is 8.56. The molecular weight excluding hydrogens is 229 g/mol. The number of halogens is 1. The maximum atomic E-state index is 13.7. The normalized spacial score (nSPS) is 13.7. The van der Waals surface area contributed by atoms with Crippen LogP contribution in [0.25, 0.3) is 0 Å². The third-order valence-electron chi connectivity index (χ3n) is 2.90. The first-order valence-corrected chi connectivity index (χ1v) is 6.22. The van der Waals surface area contributed by atoms with Gasteiger partial charge in [-0.05, 0) is 32.5 Å². The lowest BCUT2D eigenvalue weighted by Crippen LogP contribution is -2.50. The minimum Gasteiger partial charge on any atom is -0.367 e. The summed E-state index contributed by atoms with van der Waals surface area (Å²) >= 11 is 0. The molecule has 0 radical (unpaired) electrons. The molecule has 0 spiro atoms. The number of nitrogens with one attached hydrogen (secondary N) is 1. The van der Waals surface area contributed by atoms with Gasteiger partial charge >= 0.3 is 0 Å². The lowest BCUT2D eigenvalue weighted by Gasteiger charge is -2.32. The Morgan fingerprint density at radius 1 is 1.39 bits per heavy atom. The van der Waals surface area contributed by atoms with Crippen LogP contribution in [-0.2, 0) is 0 Å². The maximum absolute atomic E-state index is 13.7. The van der Waals surface area contributed by atoms with Gasteiger partial charge in [-0.2, -0.15) is 5.26 Å². The van der Waals surface area contributed by atoms with Gasteiger partial charge in [-0.3, -0.25) is 5.32 Å². The van der Waals surface area contributed by atoms with Crippen molar-refractivity contribution in [2.75, 3.05) is 24.5 Å². The molecule has 0 aliphatic carbocycles. The predicted molar refractivity (Wildman–Crippen MR) is 72.0 cm³/mol. The van der Waals surface area contributed by atoms with Crippen molar-refractivity contribution in [1.29, 1.82) is 5.26 Å². The summed E-state index contributed by atoms with van der Waals surface area (Å²) in [6.07, 6.45) is 0. The lowest BCUT2D eigenvalue weighted by molar-refractivity contribution is 0.453. The minimum atomic E-state index is -0.674. The van der Waals surface area contributed by atoms with Crippen LogP contribution in [0.1, 0.15) is 20.8 Å². The van der Waals surface area contributed by atoms with Gasteiger partial charge in [0.1, 0.15) is 11.4 Å². The number of anilines is 1. The quantitative estimate of drug-likeness (QED) is 0.842. The molecule has 0 amide bonds. The highest BCUT2D eigenvalue weighted by atomic mass is 19.1. The second kappa shape index (κ2) is 6.36. The Morgan fingerprint density at radius 2 is 2.06 bits per heavy atom. The highest BCUT2D eigenvalue weighted by Gasteiger charge is 2.26. The Morgan fingerprint density at radius 3 is 2.56 bits per heavy atom. The molecule has 0 aliphatic rings. The van der Waals surface area contributed by atoms with E-state index in [0.717, 1.165) is 0 Å².